The van der Waals surface area contributed by atoms with Crippen molar-refractivity contribution in [2.45, 2.75) is 59.0 Å². The van der Waals surface area contributed by atoms with Gasteiger partial charge in [-0.2, -0.15) is 0 Å². The number of nitrogens with one attached hydrogen (secondary N) is 1. The second-order valence-corrected chi connectivity index (χ2v) is 5.34. The summed E-state index contributed by atoms with van der Waals surface area (Å²) in [6.45, 7) is 10.5. The van der Waals surface area contributed by atoms with Crippen molar-refractivity contribution in [3.63, 3.8) is 0 Å². The van der Waals surface area contributed by atoms with Gasteiger partial charge >= 0.3 is 0 Å². The van der Waals surface area contributed by atoms with Gasteiger partial charge in [-0.05, 0) is 31.7 Å². The highest BCUT2D eigenvalue weighted by molar-refractivity contribution is 5.99. The molecule has 0 aliphatic rings. The van der Waals surface area contributed by atoms with E-state index in [9.17, 15) is 4.79 Å². The number of ketones is 1. The van der Waals surface area contributed by atoms with Crippen molar-refractivity contribution >= 4 is 5.78 Å². The van der Waals surface area contributed by atoms with E-state index in [1.54, 1.807) is 0 Å². The molecule has 2 unspecified atom stereocenters. The number of benzene rings is 1. The van der Waals surface area contributed by atoms with Gasteiger partial charge in [0.25, 0.3) is 0 Å². The first-order chi connectivity index (χ1) is 8.45. The largest absolute Gasteiger partial charge is 0.305 e. The quantitative estimate of drug-likeness (QED) is 0.775. The summed E-state index contributed by atoms with van der Waals surface area (Å²) in [5.41, 5.74) is 2.07. The van der Waals surface area contributed by atoms with Crippen molar-refractivity contribution in [3.05, 3.63) is 35.4 Å². The molecule has 1 rings (SSSR count). The molecule has 1 N–H and O–H groups in total. The molecule has 0 aliphatic heterocycles. The molecule has 0 spiro atoms. The molecule has 0 bridgehead atoms. The van der Waals surface area contributed by atoms with Crippen molar-refractivity contribution < 1.29 is 4.79 Å². The van der Waals surface area contributed by atoms with Crippen LogP contribution in [0.3, 0.4) is 0 Å². The highest BCUT2D eigenvalue weighted by atomic mass is 16.1. The van der Waals surface area contributed by atoms with Gasteiger partial charge in [0, 0.05) is 11.6 Å². The van der Waals surface area contributed by atoms with Gasteiger partial charge in [0.15, 0.2) is 5.78 Å². The van der Waals surface area contributed by atoms with E-state index in [4.69, 9.17) is 0 Å². The zero-order valence-electron chi connectivity index (χ0n) is 12.2. The van der Waals surface area contributed by atoms with E-state index in [0.29, 0.717) is 12.0 Å². The molecular weight excluding hydrogens is 222 g/mol. The normalized spacial score (nSPS) is 14.6. The Labute approximate surface area is 111 Å². The molecule has 0 amide bonds. The smallest absolute Gasteiger partial charge is 0.179 e. The standard InChI is InChI=1S/C16H25NO/c1-6-12(4)17-13(5)16(18)15-9-7-14(8-10-15)11(2)3/h7-13,17H,6H2,1-5H3. The van der Waals surface area contributed by atoms with Gasteiger partial charge in [-0.3, -0.25) is 4.79 Å². The van der Waals surface area contributed by atoms with Gasteiger partial charge in [0.05, 0.1) is 6.04 Å². The minimum atomic E-state index is -0.121. The third-order valence-corrected chi connectivity index (χ3v) is 3.40. The third-order valence-electron chi connectivity index (χ3n) is 3.40. The maximum Gasteiger partial charge on any atom is 0.179 e. The molecule has 18 heavy (non-hydrogen) atoms. The van der Waals surface area contributed by atoms with Crippen LogP contribution in [0.4, 0.5) is 0 Å². The first-order valence-corrected chi connectivity index (χ1v) is 6.85. The van der Waals surface area contributed by atoms with Crippen LogP contribution in [-0.2, 0) is 0 Å². The summed E-state index contributed by atoms with van der Waals surface area (Å²) < 4.78 is 0. The van der Waals surface area contributed by atoms with Crippen LogP contribution >= 0.6 is 0 Å². The average Bonchev–Trinajstić information content (AvgIpc) is 2.37. The highest BCUT2D eigenvalue weighted by Gasteiger charge is 2.16. The topological polar surface area (TPSA) is 29.1 Å². The van der Waals surface area contributed by atoms with Gasteiger partial charge in [-0.1, -0.05) is 45.0 Å². The Balaban J connectivity index is 2.71. The van der Waals surface area contributed by atoms with Gasteiger partial charge < -0.3 is 5.32 Å². The van der Waals surface area contributed by atoms with E-state index in [0.717, 1.165) is 12.0 Å². The molecule has 0 aliphatic carbocycles. The Kier molecular flexibility index (Phi) is 5.54. The predicted octanol–water partition coefficient (Wildman–Crippen LogP) is 3.77. The van der Waals surface area contributed by atoms with E-state index >= 15 is 0 Å². The number of hydrogen-bond donors (Lipinski definition) is 1. The molecule has 1 aromatic rings. The second kappa shape index (κ2) is 6.69. The van der Waals surface area contributed by atoms with Crippen molar-refractivity contribution in [3.8, 4) is 0 Å². The fraction of sp³-hybridized carbons (Fsp3) is 0.562. The second-order valence-electron chi connectivity index (χ2n) is 5.34. The molecule has 1 aromatic carbocycles. The fourth-order valence-corrected chi connectivity index (χ4v) is 1.90. The lowest BCUT2D eigenvalue weighted by Gasteiger charge is -2.18. The molecule has 100 valence electrons. The van der Waals surface area contributed by atoms with E-state index in [1.807, 2.05) is 31.2 Å². The van der Waals surface area contributed by atoms with Gasteiger partial charge in [-0.25, -0.2) is 0 Å². The average molecular weight is 247 g/mol. The van der Waals surface area contributed by atoms with E-state index in [1.165, 1.54) is 5.56 Å². The minimum Gasteiger partial charge on any atom is -0.305 e. The van der Waals surface area contributed by atoms with Crippen LogP contribution in [0.5, 0.6) is 0 Å². The molecule has 0 aromatic heterocycles. The minimum absolute atomic E-state index is 0.121. The Morgan fingerprint density at radius 1 is 1.11 bits per heavy atom. The van der Waals surface area contributed by atoms with Crippen LogP contribution in [-0.4, -0.2) is 17.9 Å². The zero-order valence-corrected chi connectivity index (χ0v) is 12.2. The molecule has 2 heteroatoms. The lowest BCUT2D eigenvalue weighted by atomic mass is 9.98. The van der Waals surface area contributed by atoms with Crippen molar-refractivity contribution in [1.82, 2.24) is 5.32 Å². The summed E-state index contributed by atoms with van der Waals surface area (Å²) in [4.78, 5) is 12.2. The lowest BCUT2D eigenvalue weighted by Crippen LogP contribution is -2.39. The van der Waals surface area contributed by atoms with Crippen LogP contribution in [0.1, 0.15) is 62.9 Å². The van der Waals surface area contributed by atoms with E-state index < -0.39 is 0 Å². The van der Waals surface area contributed by atoms with E-state index in [-0.39, 0.29) is 11.8 Å². The highest BCUT2D eigenvalue weighted by Crippen LogP contribution is 2.15. The maximum atomic E-state index is 12.2. The molecule has 0 heterocycles. The van der Waals surface area contributed by atoms with Crippen molar-refractivity contribution in [2.75, 3.05) is 0 Å². The number of carbonyl (C=O) groups excluding carboxylic acids is 1. The number of hydrogen-bond acceptors (Lipinski definition) is 2. The lowest BCUT2D eigenvalue weighted by molar-refractivity contribution is 0.0945. The number of rotatable bonds is 6. The third kappa shape index (κ3) is 3.95. The van der Waals surface area contributed by atoms with E-state index in [2.05, 4.69) is 33.0 Å². The first kappa shape index (κ1) is 14.9. The Morgan fingerprint density at radius 3 is 2.11 bits per heavy atom. The van der Waals surface area contributed by atoms with Gasteiger partial charge in [0.2, 0.25) is 0 Å². The van der Waals surface area contributed by atoms with Crippen LogP contribution in [0.15, 0.2) is 24.3 Å². The molecule has 0 radical (unpaired) electrons. The molecular formula is C16H25NO. The van der Waals surface area contributed by atoms with Gasteiger partial charge in [0.1, 0.15) is 0 Å². The van der Waals surface area contributed by atoms with Crippen LogP contribution in [0.2, 0.25) is 0 Å². The van der Waals surface area contributed by atoms with Crippen molar-refractivity contribution in [2.24, 2.45) is 0 Å². The van der Waals surface area contributed by atoms with Crippen molar-refractivity contribution in [1.29, 1.82) is 0 Å². The number of Topliss-reactive ketones (excluding diaryl/α,β-unsaturated/α-hetero) is 1. The van der Waals surface area contributed by atoms with Gasteiger partial charge in [-0.15, -0.1) is 0 Å². The molecule has 0 saturated heterocycles. The summed E-state index contributed by atoms with van der Waals surface area (Å²) in [6.07, 6.45) is 1.03. The molecule has 2 atom stereocenters. The Hall–Kier alpha value is -1.15. The summed E-state index contributed by atoms with van der Waals surface area (Å²) in [5, 5.41) is 3.32. The summed E-state index contributed by atoms with van der Waals surface area (Å²) in [5.74, 6) is 0.676. The first-order valence-electron chi connectivity index (χ1n) is 6.85. The summed E-state index contributed by atoms with van der Waals surface area (Å²) in [7, 11) is 0. The SMILES string of the molecule is CCC(C)NC(C)C(=O)c1ccc(C(C)C)cc1. The van der Waals surface area contributed by atoms with Crippen LogP contribution < -0.4 is 5.32 Å². The Bertz CT molecular complexity index is 381. The fourth-order valence-electron chi connectivity index (χ4n) is 1.90. The summed E-state index contributed by atoms with van der Waals surface area (Å²) >= 11 is 0. The molecule has 2 nitrogen and oxygen atoms in total. The zero-order chi connectivity index (χ0) is 13.7. The molecule has 0 fully saturated rings. The predicted molar refractivity (Wildman–Crippen MR) is 77.2 cm³/mol. The van der Waals surface area contributed by atoms with Crippen LogP contribution in [0, 0.1) is 0 Å². The number of carbonyl (C=O) groups is 1. The summed E-state index contributed by atoms with van der Waals surface area (Å²) in [6, 6.07) is 8.23. The monoisotopic (exact) mass is 247 g/mol. The molecule has 0 saturated carbocycles. The van der Waals surface area contributed by atoms with Crippen LogP contribution in [0.25, 0.3) is 0 Å². The maximum absolute atomic E-state index is 12.2. The Morgan fingerprint density at radius 2 is 1.67 bits per heavy atom.